The van der Waals surface area contributed by atoms with Crippen molar-refractivity contribution in [2.75, 3.05) is 7.05 Å². The van der Waals surface area contributed by atoms with Crippen LogP contribution in [0.4, 0.5) is 4.79 Å². The van der Waals surface area contributed by atoms with Gasteiger partial charge in [-0.05, 0) is 24.3 Å². The first-order chi connectivity index (χ1) is 8.77. The lowest BCUT2D eigenvalue weighted by atomic mass is 10.1. The number of urea groups is 1. The van der Waals surface area contributed by atoms with E-state index in [1.165, 1.54) is 30.6 Å². The SMILES string of the molecule is CN(C(=O)NCc1cccs1)C1CCCCCC1. The summed E-state index contributed by atoms with van der Waals surface area (Å²) in [5, 5.41) is 5.04. The van der Waals surface area contributed by atoms with Crippen LogP contribution in [0, 0.1) is 0 Å². The smallest absolute Gasteiger partial charge is 0.317 e. The normalized spacial score (nSPS) is 17.2. The molecule has 0 bridgehead atoms. The van der Waals surface area contributed by atoms with Crippen LogP contribution in [0.3, 0.4) is 0 Å². The number of hydrogen-bond acceptors (Lipinski definition) is 2. The molecule has 0 aromatic carbocycles. The van der Waals surface area contributed by atoms with Gasteiger partial charge in [0, 0.05) is 18.0 Å². The van der Waals surface area contributed by atoms with Crippen molar-refractivity contribution in [1.29, 1.82) is 0 Å². The van der Waals surface area contributed by atoms with Crippen molar-refractivity contribution in [1.82, 2.24) is 10.2 Å². The van der Waals surface area contributed by atoms with E-state index in [4.69, 9.17) is 0 Å². The molecule has 0 unspecified atom stereocenters. The van der Waals surface area contributed by atoms with Crippen LogP contribution in [0.5, 0.6) is 0 Å². The molecule has 18 heavy (non-hydrogen) atoms. The van der Waals surface area contributed by atoms with Crippen LogP contribution in [0.25, 0.3) is 0 Å². The second-order valence-electron chi connectivity index (χ2n) is 4.99. The van der Waals surface area contributed by atoms with Gasteiger partial charge in [0.1, 0.15) is 0 Å². The van der Waals surface area contributed by atoms with Crippen molar-refractivity contribution < 1.29 is 4.79 Å². The molecule has 1 heterocycles. The summed E-state index contributed by atoms with van der Waals surface area (Å²) < 4.78 is 0. The Morgan fingerprint density at radius 3 is 2.72 bits per heavy atom. The van der Waals surface area contributed by atoms with Crippen LogP contribution >= 0.6 is 11.3 Å². The number of thiophene rings is 1. The fraction of sp³-hybridized carbons (Fsp3) is 0.643. The second-order valence-corrected chi connectivity index (χ2v) is 6.03. The zero-order valence-electron chi connectivity index (χ0n) is 11.0. The first kappa shape index (κ1) is 13.4. The predicted octanol–water partition coefficient (Wildman–Crippen LogP) is 3.61. The van der Waals surface area contributed by atoms with Gasteiger partial charge in [0.05, 0.1) is 6.54 Å². The van der Waals surface area contributed by atoms with Gasteiger partial charge in [0.2, 0.25) is 0 Å². The second kappa shape index (κ2) is 6.78. The van der Waals surface area contributed by atoms with Gasteiger partial charge in [0.15, 0.2) is 0 Å². The molecule has 0 saturated heterocycles. The summed E-state index contributed by atoms with van der Waals surface area (Å²) >= 11 is 1.68. The molecule has 1 aliphatic carbocycles. The van der Waals surface area contributed by atoms with Crippen LogP contribution in [0.2, 0.25) is 0 Å². The molecule has 2 rings (SSSR count). The maximum atomic E-state index is 12.1. The molecule has 1 aromatic rings. The van der Waals surface area contributed by atoms with Gasteiger partial charge in [-0.2, -0.15) is 0 Å². The van der Waals surface area contributed by atoms with Gasteiger partial charge in [-0.25, -0.2) is 4.79 Å². The molecule has 1 N–H and O–H groups in total. The molecule has 1 aliphatic rings. The highest BCUT2D eigenvalue weighted by atomic mass is 32.1. The molecule has 2 amide bonds. The Morgan fingerprint density at radius 1 is 1.39 bits per heavy atom. The van der Waals surface area contributed by atoms with E-state index in [0.717, 1.165) is 12.8 Å². The molecule has 0 spiro atoms. The number of amides is 2. The van der Waals surface area contributed by atoms with Crippen molar-refractivity contribution in [3.05, 3.63) is 22.4 Å². The molecule has 100 valence electrons. The van der Waals surface area contributed by atoms with Crippen LogP contribution in [-0.4, -0.2) is 24.0 Å². The Bertz CT molecular complexity index is 356. The quantitative estimate of drug-likeness (QED) is 0.833. The molecule has 0 aliphatic heterocycles. The van der Waals surface area contributed by atoms with Crippen molar-refractivity contribution in [3.63, 3.8) is 0 Å². The Labute approximate surface area is 113 Å². The number of carbonyl (C=O) groups is 1. The van der Waals surface area contributed by atoms with Crippen molar-refractivity contribution >= 4 is 17.4 Å². The fourth-order valence-corrected chi connectivity index (χ4v) is 3.16. The summed E-state index contributed by atoms with van der Waals surface area (Å²) in [4.78, 5) is 15.2. The Morgan fingerprint density at radius 2 is 2.11 bits per heavy atom. The molecule has 0 atom stereocenters. The van der Waals surface area contributed by atoms with Gasteiger partial charge >= 0.3 is 6.03 Å². The molecule has 1 saturated carbocycles. The van der Waals surface area contributed by atoms with Crippen molar-refractivity contribution in [2.24, 2.45) is 0 Å². The van der Waals surface area contributed by atoms with E-state index in [1.807, 2.05) is 23.4 Å². The Kier molecular flexibility index (Phi) is 5.05. The first-order valence-electron chi connectivity index (χ1n) is 6.80. The minimum atomic E-state index is 0.0651. The average molecular weight is 266 g/mol. The number of nitrogens with zero attached hydrogens (tertiary/aromatic N) is 1. The highest BCUT2D eigenvalue weighted by Gasteiger charge is 2.20. The van der Waals surface area contributed by atoms with E-state index < -0.39 is 0 Å². The van der Waals surface area contributed by atoms with Crippen LogP contribution < -0.4 is 5.32 Å². The number of hydrogen-bond donors (Lipinski definition) is 1. The van der Waals surface area contributed by atoms with Gasteiger partial charge in [-0.15, -0.1) is 11.3 Å². The van der Waals surface area contributed by atoms with Crippen LogP contribution in [0.15, 0.2) is 17.5 Å². The van der Waals surface area contributed by atoms with Crippen LogP contribution in [-0.2, 0) is 6.54 Å². The Hall–Kier alpha value is -1.03. The highest BCUT2D eigenvalue weighted by molar-refractivity contribution is 7.09. The van der Waals surface area contributed by atoms with Gasteiger partial charge in [-0.3, -0.25) is 0 Å². The van der Waals surface area contributed by atoms with Crippen molar-refractivity contribution in [2.45, 2.75) is 51.1 Å². The average Bonchev–Trinajstić information content (AvgIpc) is 2.75. The summed E-state index contributed by atoms with van der Waals surface area (Å²) in [6.07, 6.45) is 7.47. The topological polar surface area (TPSA) is 32.3 Å². The molecular weight excluding hydrogens is 244 g/mol. The molecule has 0 radical (unpaired) electrons. The van der Waals surface area contributed by atoms with E-state index in [-0.39, 0.29) is 6.03 Å². The number of carbonyl (C=O) groups excluding carboxylic acids is 1. The van der Waals surface area contributed by atoms with E-state index in [0.29, 0.717) is 12.6 Å². The summed E-state index contributed by atoms with van der Waals surface area (Å²) in [7, 11) is 1.93. The molecule has 1 fully saturated rings. The summed E-state index contributed by atoms with van der Waals surface area (Å²) in [6.45, 7) is 0.646. The standard InChI is InChI=1S/C14H22N2OS/c1-16(12-7-4-2-3-5-8-12)14(17)15-11-13-9-6-10-18-13/h6,9-10,12H,2-5,7-8,11H2,1H3,(H,15,17). The predicted molar refractivity (Wildman–Crippen MR) is 75.8 cm³/mol. The summed E-state index contributed by atoms with van der Waals surface area (Å²) in [6, 6.07) is 4.56. The van der Waals surface area contributed by atoms with E-state index in [2.05, 4.69) is 11.4 Å². The fourth-order valence-electron chi connectivity index (χ4n) is 2.51. The lowest BCUT2D eigenvalue weighted by Crippen LogP contribution is -2.43. The highest BCUT2D eigenvalue weighted by Crippen LogP contribution is 2.21. The molecule has 1 aromatic heterocycles. The minimum absolute atomic E-state index is 0.0651. The third-order valence-electron chi connectivity index (χ3n) is 3.69. The number of rotatable bonds is 3. The maximum Gasteiger partial charge on any atom is 0.317 e. The summed E-state index contributed by atoms with van der Waals surface area (Å²) in [5.74, 6) is 0. The Balaban J connectivity index is 1.79. The van der Waals surface area contributed by atoms with E-state index >= 15 is 0 Å². The first-order valence-corrected chi connectivity index (χ1v) is 7.68. The van der Waals surface area contributed by atoms with Gasteiger partial charge < -0.3 is 10.2 Å². The zero-order chi connectivity index (χ0) is 12.8. The zero-order valence-corrected chi connectivity index (χ0v) is 11.8. The lowest BCUT2D eigenvalue weighted by molar-refractivity contribution is 0.183. The number of nitrogens with one attached hydrogen (secondary N) is 1. The van der Waals surface area contributed by atoms with E-state index in [1.54, 1.807) is 11.3 Å². The van der Waals surface area contributed by atoms with Crippen molar-refractivity contribution in [3.8, 4) is 0 Å². The summed E-state index contributed by atoms with van der Waals surface area (Å²) in [5.41, 5.74) is 0. The van der Waals surface area contributed by atoms with Gasteiger partial charge in [0.25, 0.3) is 0 Å². The molecular formula is C14H22N2OS. The minimum Gasteiger partial charge on any atom is -0.333 e. The third kappa shape index (κ3) is 3.73. The van der Waals surface area contributed by atoms with E-state index in [9.17, 15) is 4.79 Å². The van der Waals surface area contributed by atoms with Crippen LogP contribution in [0.1, 0.15) is 43.4 Å². The monoisotopic (exact) mass is 266 g/mol. The van der Waals surface area contributed by atoms with Gasteiger partial charge in [-0.1, -0.05) is 31.7 Å². The third-order valence-corrected chi connectivity index (χ3v) is 4.56. The molecule has 3 nitrogen and oxygen atoms in total. The molecule has 4 heteroatoms. The largest absolute Gasteiger partial charge is 0.333 e. The lowest BCUT2D eigenvalue weighted by Gasteiger charge is -2.27. The maximum absolute atomic E-state index is 12.1.